The van der Waals surface area contributed by atoms with Gasteiger partial charge in [0.05, 0.1) is 0 Å². The van der Waals surface area contributed by atoms with E-state index in [0.717, 1.165) is 55.5 Å². The van der Waals surface area contributed by atoms with Crippen molar-refractivity contribution in [1.29, 1.82) is 0 Å². The summed E-state index contributed by atoms with van der Waals surface area (Å²) in [5, 5.41) is 7.14. The first-order valence-corrected chi connectivity index (χ1v) is 8.44. The molecule has 2 N–H and O–H groups in total. The summed E-state index contributed by atoms with van der Waals surface area (Å²) in [5.74, 6) is 1.06. The Bertz CT molecular complexity index is 472. The van der Waals surface area contributed by atoms with Crippen molar-refractivity contribution >= 4 is 15.9 Å². The summed E-state index contributed by atoms with van der Waals surface area (Å²) in [6, 6.07) is 6.85. The van der Waals surface area contributed by atoms with Crippen LogP contribution in [-0.2, 0) is 0 Å². The number of hydrogen-bond donors (Lipinski definition) is 2. The summed E-state index contributed by atoms with van der Waals surface area (Å²) in [6.07, 6.45) is 4.45. The van der Waals surface area contributed by atoms with Gasteiger partial charge in [-0.2, -0.15) is 0 Å². The maximum Gasteiger partial charge on any atom is 0.126 e. The monoisotopic (exact) mass is 338 g/mol. The lowest BCUT2D eigenvalue weighted by Gasteiger charge is -2.45. The van der Waals surface area contributed by atoms with Crippen molar-refractivity contribution in [3.05, 3.63) is 28.2 Å². The second-order valence-corrected chi connectivity index (χ2v) is 6.84. The molecular weight excluding hydrogens is 316 g/mol. The fourth-order valence-corrected chi connectivity index (χ4v) is 3.67. The Balaban J connectivity index is 1.90. The molecule has 4 heteroatoms. The molecule has 3 rings (SSSR count). The van der Waals surface area contributed by atoms with E-state index in [2.05, 4.69) is 51.7 Å². The number of ether oxygens (including phenoxy) is 1. The molecule has 3 nitrogen and oxygen atoms in total. The van der Waals surface area contributed by atoms with E-state index >= 15 is 0 Å². The van der Waals surface area contributed by atoms with Gasteiger partial charge < -0.3 is 15.4 Å². The molecule has 20 heavy (non-hydrogen) atoms. The summed E-state index contributed by atoms with van der Waals surface area (Å²) in [5.41, 5.74) is 1.33. The van der Waals surface area contributed by atoms with Crippen LogP contribution in [0.3, 0.4) is 0 Å². The third kappa shape index (κ3) is 2.87. The Morgan fingerprint density at radius 1 is 1.40 bits per heavy atom. The fourth-order valence-electron chi connectivity index (χ4n) is 3.33. The van der Waals surface area contributed by atoms with Crippen LogP contribution in [0, 0.1) is 0 Å². The van der Waals surface area contributed by atoms with Crippen LogP contribution >= 0.6 is 15.9 Å². The Labute approximate surface area is 129 Å². The minimum atomic E-state index is 0.0183. The predicted octanol–water partition coefficient (Wildman–Crippen LogP) is 3.39. The molecule has 0 radical (unpaired) electrons. The molecule has 110 valence electrons. The molecule has 1 fully saturated rings. The van der Waals surface area contributed by atoms with E-state index in [0.29, 0.717) is 6.04 Å². The molecule has 0 amide bonds. The van der Waals surface area contributed by atoms with Crippen LogP contribution in [0.1, 0.15) is 44.2 Å². The number of rotatable bonds is 3. The van der Waals surface area contributed by atoms with Crippen molar-refractivity contribution in [1.82, 2.24) is 10.6 Å². The number of halogens is 1. The number of fused-ring (bicyclic) bond motifs is 1. The number of hydrogen-bond acceptors (Lipinski definition) is 3. The van der Waals surface area contributed by atoms with E-state index in [4.69, 9.17) is 4.74 Å². The smallest absolute Gasteiger partial charge is 0.126 e. The minimum absolute atomic E-state index is 0.0183. The van der Waals surface area contributed by atoms with Crippen LogP contribution < -0.4 is 15.4 Å². The third-order valence-electron chi connectivity index (χ3n) is 4.41. The SMILES string of the molecule is CCCNC1CC2(CCNCC2)Oc2cc(Br)ccc21. The maximum absolute atomic E-state index is 6.44. The molecule has 2 heterocycles. The second-order valence-electron chi connectivity index (χ2n) is 5.93. The first-order chi connectivity index (χ1) is 9.72. The van der Waals surface area contributed by atoms with Gasteiger partial charge in [-0.25, -0.2) is 0 Å². The van der Waals surface area contributed by atoms with Crippen LogP contribution in [0.25, 0.3) is 0 Å². The highest BCUT2D eigenvalue weighted by atomic mass is 79.9. The minimum Gasteiger partial charge on any atom is -0.487 e. The largest absolute Gasteiger partial charge is 0.487 e. The molecule has 2 aliphatic heterocycles. The van der Waals surface area contributed by atoms with Crippen LogP contribution in [0.15, 0.2) is 22.7 Å². The zero-order valence-electron chi connectivity index (χ0n) is 12.0. The average Bonchev–Trinajstić information content (AvgIpc) is 2.45. The van der Waals surface area contributed by atoms with Gasteiger partial charge in [-0.05, 0) is 51.0 Å². The molecule has 0 aliphatic carbocycles. The zero-order chi connectivity index (χ0) is 14.0. The van der Waals surface area contributed by atoms with Crippen molar-refractivity contribution in [3.63, 3.8) is 0 Å². The van der Waals surface area contributed by atoms with Crippen molar-refractivity contribution in [2.24, 2.45) is 0 Å². The van der Waals surface area contributed by atoms with Gasteiger partial charge in [0, 0.05) is 22.5 Å². The van der Waals surface area contributed by atoms with Crippen LogP contribution in [-0.4, -0.2) is 25.2 Å². The Morgan fingerprint density at radius 3 is 2.95 bits per heavy atom. The van der Waals surface area contributed by atoms with Crippen molar-refractivity contribution in [2.45, 2.75) is 44.2 Å². The second kappa shape index (κ2) is 6.04. The lowest BCUT2D eigenvalue weighted by atomic mass is 9.81. The van der Waals surface area contributed by atoms with Gasteiger partial charge in [-0.1, -0.05) is 28.9 Å². The lowest BCUT2D eigenvalue weighted by molar-refractivity contribution is 0.00316. The molecule has 2 aliphatic rings. The van der Waals surface area contributed by atoms with Crippen LogP contribution in [0.2, 0.25) is 0 Å². The van der Waals surface area contributed by atoms with E-state index < -0.39 is 0 Å². The Morgan fingerprint density at radius 2 is 2.20 bits per heavy atom. The topological polar surface area (TPSA) is 33.3 Å². The van der Waals surface area contributed by atoms with Crippen molar-refractivity contribution in [3.8, 4) is 5.75 Å². The molecule has 1 spiro atoms. The number of benzene rings is 1. The summed E-state index contributed by atoms with van der Waals surface area (Å²) >= 11 is 3.56. The summed E-state index contributed by atoms with van der Waals surface area (Å²) in [6.45, 7) is 5.40. The van der Waals surface area contributed by atoms with Gasteiger partial charge in [0.1, 0.15) is 11.4 Å². The Hall–Kier alpha value is -0.580. The molecule has 1 atom stereocenters. The van der Waals surface area contributed by atoms with Crippen molar-refractivity contribution < 1.29 is 4.74 Å². The molecule has 1 aromatic carbocycles. The lowest BCUT2D eigenvalue weighted by Crippen LogP contribution is -2.50. The highest BCUT2D eigenvalue weighted by molar-refractivity contribution is 9.10. The first kappa shape index (κ1) is 14.4. The summed E-state index contributed by atoms with van der Waals surface area (Å²) < 4.78 is 7.54. The molecule has 1 saturated heterocycles. The highest BCUT2D eigenvalue weighted by Gasteiger charge is 2.41. The van der Waals surface area contributed by atoms with Crippen LogP contribution in [0.4, 0.5) is 0 Å². The van der Waals surface area contributed by atoms with E-state index in [-0.39, 0.29) is 5.60 Å². The molecule has 1 unspecified atom stereocenters. The van der Waals surface area contributed by atoms with Crippen molar-refractivity contribution in [2.75, 3.05) is 19.6 Å². The van der Waals surface area contributed by atoms with E-state index in [9.17, 15) is 0 Å². The van der Waals surface area contributed by atoms with E-state index in [1.165, 1.54) is 5.56 Å². The summed E-state index contributed by atoms with van der Waals surface area (Å²) in [4.78, 5) is 0. The van der Waals surface area contributed by atoms with Gasteiger partial charge in [-0.3, -0.25) is 0 Å². The third-order valence-corrected chi connectivity index (χ3v) is 4.90. The normalized spacial score (nSPS) is 24.2. The standard InChI is InChI=1S/C16H23BrN2O/c1-2-7-19-14-11-16(5-8-18-9-6-16)20-15-10-12(17)3-4-13(14)15/h3-4,10,14,18-19H,2,5-9,11H2,1H3. The molecule has 0 bridgehead atoms. The van der Waals surface area contributed by atoms with E-state index in [1.807, 2.05) is 0 Å². The summed E-state index contributed by atoms with van der Waals surface area (Å²) in [7, 11) is 0. The fraction of sp³-hybridized carbons (Fsp3) is 0.625. The molecular formula is C16H23BrN2O. The Kier molecular flexibility index (Phi) is 4.34. The molecule has 0 aromatic heterocycles. The number of nitrogens with one attached hydrogen (secondary N) is 2. The van der Waals surface area contributed by atoms with E-state index in [1.54, 1.807) is 0 Å². The first-order valence-electron chi connectivity index (χ1n) is 7.65. The van der Waals surface area contributed by atoms with Gasteiger partial charge in [0.25, 0.3) is 0 Å². The quantitative estimate of drug-likeness (QED) is 0.886. The molecule has 1 aromatic rings. The van der Waals surface area contributed by atoms with Gasteiger partial charge in [-0.15, -0.1) is 0 Å². The van der Waals surface area contributed by atoms with Gasteiger partial charge in [0.15, 0.2) is 0 Å². The maximum atomic E-state index is 6.44. The average molecular weight is 339 g/mol. The molecule has 0 saturated carbocycles. The van der Waals surface area contributed by atoms with Crippen LogP contribution in [0.5, 0.6) is 5.75 Å². The zero-order valence-corrected chi connectivity index (χ0v) is 13.6. The predicted molar refractivity (Wildman–Crippen MR) is 85.3 cm³/mol. The van der Waals surface area contributed by atoms with Gasteiger partial charge >= 0.3 is 0 Å². The number of piperidine rings is 1. The highest BCUT2D eigenvalue weighted by Crippen LogP contribution is 2.44. The van der Waals surface area contributed by atoms with Gasteiger partial charge in [0.2, 0.25) is 0 Å².